The second-order valence-corrected chi connectivity index (χ2v) is 7.09. The van der Waals surface area contributed by atoms with E-state index in [-0.39, 0.29) is 17.1 Å². The van der Waals surface area contributed by atoms with Gasteiger partial charge in [-0.25, -0.2) is 4.79 Å². The summed E-state index contributed by atoms with van der Waals surface area (Å²) in [6.07, 6.45) is 1.96. The van der Waals surface area contributed by atoms with Crippen LogP contribution in [0.2, 0.25) is 0 Å². The number of H-pyrrole nitrogens is 1. The van der Waals surface area contributed by atoms with Gasteiger partial charge in [0.1, 0.15) is 0 Å². The van der Waals surface area contributed by atoms with Crippen molar-refractivity contribution in [3.05, 3.63) is 46.4 Å². The number of rotatable bonds is 3. The second kappa shape index (κ2) is 5.39. The van der Waals surface area contributed by atoms with Crippen molar-refractivity contribution in [1.82, 2.24) is 14.5 Å². The Hall–Kier alpha value is -2.32. The van der Waals surface area contributed by atoms with E-state index in [1.807, 2.05) is 12.1 Å². The number of nitrogens with zero attached hydrogens (tertiary/aromatic N) is 3. The number of imidazole rings is 1. The normalized spacial score (nSPS) is 18.6. The molecule has 0 saturated heterocycles. The van der Waals surface area contributed by atoms with Crippen LogP contribution in [0, 0.1) is 16.7 Å². The monoisotopic (exact) mass is 310 g/mol. The molecule has 1 atom stereocenters. The van der Waals surface area contributed by atoms with E-state index < -0.39 is 0 Å². The standard InChI is InChI=1S/C18H22N4O/c1-5-18(3,4)11-21-10-14-13(8-19)6-7-15-16(14)22(9-12(21)2)17(23)20-15/h5-7,12H,1,9-11H2,2-4H3,(H,20,23)/t12-/m0/s1. The largest absolute Gasteiger partial charge is 0.326 e. The maximum absolute atomic E-state index is 12.3. The van der Waals surface area contributed by atoms with Crippen molar-refractivity contribution >= 4 is 11.0 Å². The molecule has 2 heterocycles. The number of nitriles is 1. The fraction of sp³-hybridized carbons (Fsp3) is 0.444. The Morgan fingerprint density at radius 1 is 1.52 bits per heavy atom. The number of aromatic amines is 1. The molecule has 1 N–H and O–H groups in total. The van der Waals surface area contributed by atoms with Crippen molar-refractivity contribution in [2.24, 2.45) is 5.41 Å². The number of hydrogen-bond donors (Lipinski definition) is 1. The minimum Gasteiger partial charge on any atom is -0.306 e. The molecule has 1 aromatic carbocycles. The highest BCUT2D eigenvalue weighted by atomic mass is 16.1. The number of benzene rings is 1. The molecule has 5 nitrogen and oxygen atoms in total. The zero-order valence-corrected chi connectivity index (χ0v) is 13.9. The predicted molar refractivity (Wildman–Crippen MR) is 91.1 cm³/mol. The first kappa shape index (κ1) is 15.6. The van der Waals surface area contributed by atoms with E-state index in [1.54, 1.807) is 10.6 Å². The first-order valence-corrected chi connectivity index (χ1v) is 7.88. The van der Waals surface area contributed by atoms with Crippen molar-refractivity contribution in [3.8, 4) is 6.07 Å². The summed E-state index contributed by atoms with van der Waals surface area (Å²) in [6, 6.07) is 6.09. The molecular formula is C18H22N4O. The zero-order chi connectivity index (χ0) is 16.8. The highest BCUT2D eigenvalue weighted by Gasteiger charge is 2.28. The molecule has 0 amide bonds. The number of nitrogens with one attached hydrogen (secondary N) is 1. The minimum atomic E-state index is -0.104. The SMILES string of the molecule is C=CC(C)(C)CN1Cc2c(C#N)ccc3[nH]c(=O)n(c23)C[C@@H]1C. The van der Waals surface area contributed by atoms with Crippen molar-refractivity contribution < 1.29 is 0 Å². The Kier molecular flexibility index (Phi) is 3.65. The molecule has 1 aliphatic rings. The molecule has 1 aromatic heterocycles. The van der Waals surface area contributed by atoms with Crippen LogP contribution in [0.25, 0.3) is 11.0 Å². The summed E-state index contributed by atoms with van der Waals surface area (Å²) in [4.78, 5) is 17.5. The lowest BCUT2D eigenvalue weighted by Gasteiger charge is -2.34. The summed E-state index contributed by atoms with van der Waals surface area (Å²) >= 11 is 0. The van der Waals surface area contributed by atoms with Gasteiger partial charge in [-0.15, -0.1) is 6.58 Å². The van der Waals surface area contributed by atoms with Crippen LogP contribution >= 0.6 is 0 Å². The van der Waals surface area contributed by atoms with E-state index in [9.17, 15) is 10.1 Å². The smallest absolute Gasteiger partial charge is 0.306 e. The Balaban J connectivity index is 2.15. The van der Waals surface area contributed by atoms with Gasteiger partial charge >= 0.3 is 5.69 Å². The second-order valence-electron chi connectivity index (χ2n) is 7.09. The summed E-state index contributed by atoms with van der Waals surface area (Å²) < 4.78 is 1.77. The first-order valence-electron chi connectivity index (χ1n) is 7.88. The van der Waals surface area contributed by atoms with E-state index in [4.69, 9.17) is 0 Å². The van der Waals surface area contributed by atoms with Crippen molar-refractivity contribution in [3.63, 3.8) is 0 Å². The predicted octanol–water partition coefficient (Wildman–Crippen LogP) is 2.62. The molecule has 3 rings (SSSR count). The van der Waals surface area contributed by atoms with Gasteiger partial charge in [-0.05, 0) is 24.5 Å². The highest BCUT2D eigenvalue weighted by molar-refractivity contribution is 5.81. The van der Waals surface area contributed by atoms with E-state index in [1.165, 1.54) is 0 Å². The summed E-state index contributed by atoms with van der Waals surface area (Å²) in [6.45, 7) is 12.5. The Bertz CT molecular complexity index is 865. The maximum Gasteiger partial charge on any atom is 0.326 e. The molecule has 0 aliphatic carbocycles. The van der Waals surface area contributed by atoms with Gasteiger partial charge in [-0.2, -0.15) is 5.26 Å². The van der Waals surface area contributed by atoms with Crippen LogP contribution in [-0.4, -0.2) is 27.0 Å². The average Bonchev–Trinajstić information content (AvgIpc) is 2.74. The summed E-state index contributed by atoms with van der Waals surface area (Å²) in [5.41, 5.74) is 3.13. The third-order valence-electron chi connectivity index (χ3n) is 4.75. The zero-order valence-electron chi connectivity index (χ0n) is 13.9. The lowest BCUT2D eigenvalue weighted by atomic mass is 9.92. The lowest BCUT2D eigenvalue weighted by molar-refractivity contribution is 0.144. The molecule has 0 radical (unpaired) electrons. The van der Waals surface area contributed by atoms with Crippen LogP contribution < -0.4 is 5.69 Å². The summed E-state index contributed by atoms with van der Waals surface area (Å²) in [7, 11) is 0. The van der Waals surface area contributed by atoms with E-state index >= 15 is 0 Å². The van der Waals surface area contributed by atoms with Crippen LogP contribution in [0.4, 0.5) is 0 Å². The molecule has 23 heavy (non-hydrogen) atoms. The molecule has 0 fully saturated rings. The third-order valence-corrected chi connectivity index (χ3v) is 4.75. The molecule has 5 heteroatoms. The Morgan fingerprint density at radius 2 is 2.26 bits per heavy atom. The van der Waals surface area contributed by atoms with E-state index in [0.29, 0.717) is 18.7 Å². The number of hydrogen-bond acceptors (Lipinski definition) is 3. The third kappa shape index (κ3) is 2.60. The Morgan fingerprint density at radius 3 is 2.91 bits per heavy atom. The number of aromatic nitrogens is 2. The van der Waals surface area contributed by atoms with Crippen molar-refractivity contribution in [2.75, 3.05) is 6.54 Å². The lowest BCUT2D eigenvalue weighted by Crippen LogP contribution is -2.41. The molecule has 0 saturated carbocycles. The molecule has 2 aromatic rings. The summed E-state index contributed by atoms with van der Waals surface area (Å²) in [5.74, 6) is 0. The van der Waals surface area contributed by atoms with Crippen LogP contribution in [0.3, 0.4) is 0 Å². The maximum atomic E-state index is 12.3. The van der Waals surface area contributed by atoms with Gasteiger partial charge in [0.2, 0.25) is 0 Å². The molecule has 0 unspecified atom stereocenters. The van der Waals surface area contributed by atoms with Gasteiger partial charge in [-0.1, -0.05) is 19.9 Å². The molecule has 0 bridgehead atoms. The minimum absolute atomic E-state index is 0.0274. The van der Waals surface area contributed by atoms with Crippen LogP contribution in [0.15, 0.2) is 29.6 Å². The fourth-order valence-corrected chi connectivity index (χ4v) is 3.31. The van der Waals surface area contributed by atoms with Gasteiger partial charge in [-0.3, -0.25) is 9.47 Å². The van der Waals surface area contributed by atoms with Gasteiger partial charge in [0, 0.05) is 31.2 Å². The van der Waals surface area contributed by atoms with Gasteiger partial charge in [0.25, 0.3) is 0 Å². The van der Waals surface area contributed by atoms with Crippen LogP contribution in [0.5, 0.6) is 0 Å². The van der Waals surface area contributed by atoms with E-state index in [2.05, 4.69) is 43.3 Å². The molecular weight excluding hydrogens is 288 g/mol. The molecule has 1 aliphatic heterocycles. The summed E-state index contributed by atoms with van der Waals surface area (Å²) in [5, 5.41) is 9.47. The average molecular weight is 310 g/mol. The van der Waals surface area contributed by atoms with Gasteiger partial charge < -0.3 is 4.98 Å². The van der Waals surface area contributed by atoms with Crippen molar-refractivity contribution in [2.45, 2.75) is 39.9 Å². The van der Waals surface area contributed by atoms with Crippen LogP contribution in [-0.2, 0) is 13.1 Å². The van der Waals surface area contributed by atoms with E-state index in [0.717, 1.165) is 23.1 Å². The highest BCUT2D eigenvalue weighted by Crippen LogP contribution is 2.29. The topological polar surface area (TPSA) is 64.8 Å². The molecule has 120 valence electrons. The Labute approximate surface area is 135 Å². The van der Waals surface area contributed by atoms with Gasteiger partial charge in [0.15, 0.2) is 0 Å². The van der Waals surface area contributed by atoms with Crippen LogP contribution in [0.1, 0.15) is 31.9 Å². The van der Waals surface area contributed by atoms with Gasteiger partial charge in [0.05, 0.1) is 22.7 Å². The van der Waals surface area contributed by atoms with Crippen molar-refractivity contribution in [1.29, 1.82) is 5.26 Å². The first-order chi connectivity index (χ1) is 10.9. The molecule has 0 spiro atoms. The fourth-order valence-electron chi connectivity index (χ4n) is 3.31. The quantitative estimate of drug-likeness (QED) is 0.886.